The molecule has 0 saturated carbocycles. The maximum Gasteiger partial charge on any atom is 0.335 e. The molecule has 3 heterocycles. The van der Waals surface area contributed by atoms with Gasteiger partial charge in [0.05, 0.1) is 19.0 Å². The standard InChI is InChI=1S/C32H51N5O6Si2/c1-19(2)44(39,20(3)4)43-45(21(5)6,22(7)8)42-28-26(16-38)41-32(29(28)40-9)37-18-35-27-30(33-17-34-31(27)37)36-25-15-14-23-12-10-11-13-24(23)25/h10-13,17-22,25-26,28-29,32,38-39H,14-16H2,1-9H3,(H,33,34,36)/t25-,26-,28+,29-,32+/m0/s1. The number of ether oxygens (including phenoxy) is 2. The van der Waals surface area contributed by atoms with E-state index in [0.29, 0.717) is 17.0 Å². The number of aryl methyl sites for hydroxylation is 1. The van der Waals surface area contributed by atoms with Crippen molar-refractivity contribution < 1.29 is 27.9 Å². The minimum atomic E-state index is -3.20. The van der Waals surface area contributed by atoms with Gasteiger partial charge in [-0.25, -0.2) is 15.0 Å². The fraction of sp³-hybridized carbons (Fsp3) is 0.656. The van der Waals surface area contributed by atoms with Crippen molar-refractivity contribution in [2.24, 2.45) is 0 Å². The molecule has 0 bridgehead atoms. The Labute approximate surface area is 269 Å². The van der Waals surface area contributed by atoms with Crippen LogP contribution in [0.15, 0.2) is 36.9 Å². The van der Waals surface area contributed by atoms with Gasteiger partial charge in [-0.05, 0) is 46.1 Å². The molecule has 1 saturated heterocycles. The smallest absolute Gasteiger partial charge is 0.335 e. The lowest BCUT2D eigenvalue weighted by Gasteiger charge is -2.47. The molecular weight excluding hydrogens is 607 g/mol. The number of nitrogens with zero attached hydrogens (tertiary/aromatic N) is 4. The lowest BCUT2D eigenvalue weighted by atomic mass is 10.1. The highest BCUT2D eigenvalue weighted by Crippen LogP contribution is 2.46. The summed E-state index contributed by atoms with van der Waals surface area (Å²) in [5, 5.41) is 14.2. The summed E-state index contributed by atoms with van der Waals surface area (Å²) in [4.78, 5) is 25.8. The van der Waals surface area contributed by atoms with E-state index >= 15 is 0 Å². The van der Waals surface area contributed by atoms with Gasteiger partial charge in [0.2, 0.25) is 0 Å². The normalized spacial score (nSPS) is 24.1. The third kappa shape index (κ3) is 6.13. The second-order valence-electron chi connectivity index (χ2n) is 13.7. The summed E-state index contributed by atoms with van der Waals surface area (Å²) >= 11 is 0. The molecule has 1 aliphatic heterocycles. The molecule has 0 spiro atoms. The van der Waals surface area contributed by atoms with Gasteiger partial charge in [-0.15, -0.1) is 0 Å². The molecule has 5 rings (SSSR count). The molecule has 0 radical (unpaired) electrons. The van der Waals surface area contributed by atoms with E-state index in [-0.39, 0.29) is 34.8 Å². The van der Waals surface area contributed by atoms with Crippen molar-refractivity contribution in [3.05, 3.63) is 48.0 Å². The Bertz CT molecular complexity index is 1440. The Hall–Kier alpha value is -2.24. The maximum atomic E-state index is 11.9. The fourth-order valence-corrected chi connectivity index (χ4v) is 17.0. The minimum Gasteiger partial charge on any atom is -0.414 e. The van der Waals surface area contributed by atoms with Crippen molar-refractivity contribution in [3.8, 4) is 0 Å². The first-order valence-corrected chi connectivity index (χ1v) is 20.3. The van der Waals surface area contributed by atoms with E-state index in [0.717, 1.165) is 12.8 Å². The number of imidazole rings is 1. The van der Waals surface area contributed by atoms with Crippen molar-refractivity contribution >= 4 is 34.1 Å². The zero-order valence-corrected chi connectivity index (χ0v) is 30.1. The van der Waals surface area contributed by atoms with E-state index in [2.05, 4.69) is 67.2 Å². The monoisotopic (exact) mass is 657 g/mol. The lowest BCUT2D eigenvalue weighted by Crippen LogP contribution is -2.62. The average Bonchev–Trinajstić information content (AvgIpc) is 3.71. The molecule has 2 aliphatic rings. The number of aromatic nitrogens is 4. The number of aliphatic hydroxyl groups is 1. The molecule has 1 aromatic carbocycles. The Morgan fingerprint density at radius 1 is 0.978 bits per heavy atom. The summed E-state index contributed by atoms with van der Waals surface area (Å²) in [6.07, 6.45) is 2.61. The molecule has 0 amide bonds. The van der Waals surface area contributed by atoms with Gasteiger partial charge in [0.15, 0.2) is 23.2 Å². The van der Waals surface area contributed by atoms with Crippen LogP contribution in [-0.4, -0.2) is 78.6 Å². The molecule has 3 N–H and O–H groups in total. The molecule has 2 aromatic heterocycles. The van der Waals surface area contributed by atoms with Gasteiger partial charge in [0.1, 0.15) is 24.6 Å². The number of methoxy groups -OCH3 is 1. The Kier molecular flexibility index (Phi) is 10.2. The number of hydrogen-bond donors (Lipinski definition) is 3. The first-order valence-electron chi connectivity index (χ1n) is 16.3. The van der Waals surface area contributed by atoms with E-state index in [1.54, 1.807) is 13.4 Å². The van der Waals surface area contributed by atoms with Crippen LogP contribution in [0.2, 0.25) is 22.2 Å². The first kappa shape index (κ1) is 34.1. The van der Waals surface area contributed by atoms with Gasteiger partial charge < -0.3 is 33.2 Å². The number of rotatable bonds is 13. The number of benzene rings is 1. The molecule has 0 unspecified atom stereocenters. The van der Waals surface area contributed by atoms with Gasteiger partial charge in [-0.2, -0.15) is 0 Å². The van der Waals surface area contributed by atoms with Crippen LogP contribution < -0.4 is 5.32 Å². The van der Waals surface area contributed by atoms with Gasteiger partial charge >= 0.3 is 17.1 Å². The molecule has 1 aliphatic carbocycles. The van der Waals surface area contributed by atoms with Crippen LogP contribution >= 0.6 is 0 Å². The van der Waals surface area contributed by atoms with Crippen LogP contribution in [-0.2, 0) is 24.4 Å². The summed E-state index contributed by atoms with van der Waals surface area (Å²) in [6.45, 7) is 16.2. The average molecular weight is 658 g/mol. The van der Waals surface area contributed by atoms with E-state index in [1.807, 2.05) is 32.3 Å². The van der Waals surface area contributed by atoms with Gasteiger partial charge in [-0.3, -0.25) is 4.57 Å². The van der Waals surface area contributed by atoms with Crippen molar-refractivity contribution in [1.82, 2.24) is 19.5 Å². The van der Waals surface area contributed by atoms with Gasteiger partial charge in [0, 0.05) is 7.11 Å². The van der Waals surface area contributed by atoms with Gasteiger partial charge in [-0.1, -0.05) is 79.7 Å². The van der Waals surface area contributed by atoms with E-state index in [4.69, 9.17) is 23.0 Å². The van der Waals surface area contributed by atoms with Crippen molar-refractivity contribution in [2.45, 2.75) is 121 Å². The summed E-state index contributed by atoms with van der Waals surface area (Å²) in [5.74, 6) is 0.657. The van der Waals surface area contributed by atoms with E-state index in [9.17, 15) is 9.90 Å². The Balaban J connectivity index is 1.47. The second kappa shape index (κ2) is 13.5. The molecule has 1 fully saturated rings. The van der Waals surface area contributed by atoms with Gasteiger partial charge in [0.25, 0.3) is 0 Å². The first-order chi connectivity index (χ1) is 21.4. The molecule has 5 atom stereocenters. The highest BCUT2D eigenvalue weighted by Gasteiger charge is 2.59. The summed E-state index contributed by atoms with van der Waals surface area (Å²) in [7, 11) is -4.71. The number of hydrogen-bond acceptors (Lipinski definition) is 10. The fourth-order valence-electron chi connectivity index (χ4n) is 7.06. The summed E-state index contributed by atoms with van der Waals surface area (Å²) < 4.78 is 28.5. The zero-order valence-electron chi connectivity index (χ0n) is 28.1. The Morgan fingerprint density at radius 3 is 2.29 bits per heavy atom. The Morgan fingerprint density at radius 2 is 1.67 bits per heavy atom. The van der Waals surface area contributed by atoms with Crippen LogP contribution in [0.3, 0.4) is 0 Å². The summed E-state index contributed by atoms with van der Waals surface area (Å²) in [5.41, 5.74) is 3.84. The molecule has 248 valence electrons. The van der Waals surface area contributed by atoms with Crippen LogP contribution in [0.5, 0.6) is 0 Å². The van der Waals surface area contributed by atoms with Crippen LogP contribution in [0.1, 0.15) is 85.2 Å². The predicted molar refractivity (Wildman–Crippen MR) is 178 cm³/mol. The number of anilines is 1. The molecule has 3 aromatic rings. The molecule has 13 heteroatoms. The predicted octanol–water partition coefficient (Wildman–Crippen LogP) is 5.75. The maximum absolute atomic E-state index is 11.9. The molecular formula is C32H51N5O6Si2. The highest BCUT2D eigenvalue weighted by atomic mass is 28.5. The zero-order chi connectivity index (χ0) is 32.7. The SMILES string of the molecule is CO[C@H]1[C@H](O[Si](O[Si](O)(C(C)C)C(C)C)(C(C)C)C(C)C)[C@H](CO)O[C@H]1n1cnc2c(N[C@H]3CCc4ccccc43)ncnc21. The minimum absolute atomic E-state index is 0.0149. The van der Waals surface area contributed by atoms with E-state index in [1.165, 1.54) is 17.5 Å². The number of nitrogens with one attached hydrogen (secondary N) is 1. The summed E-state index contributed by atoms with van der Waals surface area (Å²) in [6, 6.07) is 8.62. The van der Waals surface area contributed by atoms with Crippen molar-refractivity contribution in [3.63, 3.8) is 0 Å². The van der Waals surface area contributed by atoms with Crippen molar-refractivity contribution in [1.29, 1.82) is 0 Å². The number of aliphatic hydroxyl groups excluding tert-OH is 1. The highest BCUT2D eigenvalue weighted by molar-refractivity contribution is 6.83. The van der Waals surface area contributed by atoms with Crippen molar-refractivity contribution in [2.75, 3.05) is 19.0 Å². The largest absolute Gasteiger partial charge is 0.414 e. The lowest BCUT2D eigenvalue weighted by molar-refractivity contribution is -0.0583. The van der Waals surface area contributed by atoms with E-state index < -0.39 is 41.7 Å². The van der Waals surface area contributed by atoms with Crippen LogP contribution in [0.4, 0.5) is 5.82 Å². The number of fused-ring (bicyclic) bond motifs is 2. The van der Waals surface area contributed by atoms with Crippen LogP contribution in [0, 0.1) is 0 Å². The quantitative estimate of drug-likeness (QED) is 0.195. The molecule has 45 heavy (non-hydrogen) atoms. The topological polar surface area (TPSA) is 133 Å². The van der Waals surface area contributed by atoms with Crippen LogP contribution in [0.25, 0.3) is 11.2 Å². The third-order valence-corrected chi connectivity index (χ3v) is 19.5. The third-order valence-electron chi connectivity index (χ3n) is 9.72. The second-order valence-corrected chi connectivity index (χ2v) is 22.3. The molecule has 11 nitrogen and oxygen atoms in total.